The Morgan fingerprint density at radius 2 is 1.30 bits per heavy atom. The number of aromatic nitrogens is 4. The second kappa shape index (κ2) is 11.1. The van der Waals surface area contributed by atoms with E-state index in [9.17, 15) is 0 Å². The molecule has 0 spiro atoms. The van der Waals surface area contributed by atoms with Crippen LogP contribution in [0.15, 0.2) is 94.3 Å². The zero-order chi connectivity index (χ0) is 30.4. The molecule has 2 aliphatic rings. The topological polar surface area (TPSA) is 87.1 Å². The first kappa shape index (κ1) is 28.0. The molecule has 2 heterocycles. The number of hydrogen-bond acceptors (Lipinski definition) is 7. The molecule has 222 valence electrons. The van der Waals surface area contributed by atoms with Crippen molar-refractivity contribution < 1.29 is 13.6 Å². The summed E-state index contributed by atoms with van der Waals surface area (Å²) < 4.78 is 18.8. The Balaban J connectivity index is 1.19. The van der Waals surface area contributed by atoms with Crippen LogP contribution < -0.4 is 4.74 Å². The second-order valence-electron chi connectivity index (χ2n) is 13.1. The second-order valence-corrected chi connectivity index (χ2v) is 13.1. The van der Waals surface area contributed by atoms with Gasteiger partial charge in [0, 0.05) is 22.3 Å². The lowest BCUT2D eigenvalue weighted by molar-refractivity contribution is 0.228. The van der Waals surface area contributed by atoms with Crippen LogP contribution in [-0.4, -0.2) is 27.0 Å². The van der Waals surface area contributed by atoms with Crippen molar-refractivity contribution in [3.63, 3.8) is 0 Å². The van der Waals surface area contributed by atoms with Crippen LogP contribution in [0.2, 0.25) is 0 Å². The maximum absolute atomic E-state index is 6.41. The zero-order valence-corrected chi connectivity index (χ0v) is 25.6. The van der Waals surface area contributed by atoms with Crippen molar-refractivity contribution in [3.05, 3.63) is 96.6 Å². The van der Waals surface area contributed by atoms with Crippen molar-refractivity contribution in [2.75, 3.05) is 6.61 Å². The lowest BCUT2D eigenvalue weighted by Crippen LogP contribution is -2.16. The normalized spacial score (nSPS) is 19.0. The van der Waals surface area contributed by atoms with E-state index in [1.165, 1.54) is 18.4 Å². The first-order valence-electron chi connectivity index (χ1n) is 15.2. The summed E-state index contributed by atoms with van der Waals surface area (Å²) in [6.07, 6.45) is 7.11. The molecule has 7 heteroatoms. The molecular formula is C37H36N4O3. The number of ether oxygens (including phenoxy) is 1. The molecule has 7 rings (SSSR count). The van der Waals surface area contributed by atoms with Crippen LogP contribution in [0.3, 0.4) is 0 Å². The number of benzene rings is 3. The largest absolute Gasteiger partial charge is 0.493 e. The summed E-state index contributed by atoms with van der Waals surface area (Å²) in [5, 5.41) is 17.5. The van der Waals surface area contributed by atoms with Crippen LogP contribution in [0.4, 0.5) is 0 Å². The molecule has 2 aliphatic carbocycles. The lowest BCUT2D eigenvalue weighted by atomic mass is 9.87. The number of allylic oxidation sites excluding steroid dienone is 3. The lowest BCUT2D eigenvalue weighted by Gasteiger charge is -2.19. The number of hydrogen-bond donors (Lipinski definition) is 0. The quantitative estimate of drug-likeness (QED) is 0.168. The summed E-state index contributed by atoms with van der Waals surface area (Å²) in [4.78, 5) is 0. The zero-order valence-electron chi connectivity index (χ0n) is 25.6. The van der Waals surface area contributed by atoms with E-state index in [0.717, 1.165) is 33.4 Å². The van der Waals surface area contributed by atoms with E-state index in [1.807, 2.05) is 61.5 Å². The van der Waals surface area contributed by atoms with E-state index in [4.69, 9.17) is 13.6 Å². The summed E-state index contributed by atoms with van der Waals surface area (Å²) in [5.74, 6) is 4.17. The molecule has 44 heavy (non-hydrogen) atoms. The molecule has 1 fully saturated rings. The van der Waals surface area contributed by atoms with Crippen LogP contribution >= 0.6 is 0 Å². The maximum Gasteiger partial charge on any atom is 0.248 e. The van der Waals surface area contributed by atoms with Gasteiger partial charge in [-0.2, -0.15) is 0 Å². The molecule has 2 aromatic heterocycles. The summed E-state index contributed by atoms with van der Waals surface area (Å²) >= 11 is 0. The fourth-order valence-electron chi connectivity index (χ4n) is 6.14. The van der Waals surface area contributed by atoms with E-state index in [0.29, 0.717) is 53.7 Å². The molecule has 5 aromatic rings. The van der Waals surface area contributed by atoms with Gasteiger partial charge in [0.2, 0.25) is 23.6 Å². The van der Waals surface area contributed by atoms with Gasteiger partial charge in [-0.05, 0) is 96.5 Å². The van der Waals surface area contributed by atoms with Gasteiger partial charge in [0.1, 0.15) is 5.75 Å². The van der Waals surface area contributed by atoms with Crippen LogP contribution in [0.5, 0.6) is 5.75 Å². The van der Waals surface area contributed by atoms with Crippen LogP contribution in [0.1, 0.15) is 51.7 Å². The molecule has 0 N–H and O–H groups in total. The predicted octanol–water partition coefficient (Wildman–Crippen LogP) is 9.04. The van der Waals surface area contributed by atoms with Gasteiger partial charge in [-0.3, -0.25) is 0 Å². The van der Waals surface area contributed by atoms with Gasteiger partial charge in [-0.1, -0.05) is 69.3 Å². The minimum absolute atomic E-state index is 0.0619. The van der Waals surface area contributed by atoms with Crippen LogP contribution in [0.25, 0.3) is 51.4 Å². The minimum atomic E-state index is 0.0619. The van der Waals surface area contributed by atoms with Gasteiger partial charge >= 0.3 is 0 Å². The average Bonchev–Trinajstić information content (AvgIpc) is 3.85. The fourth-order valence-corrected chi connectivity index (χ4v) is 6.14. The van der Waals surface area contributed by atoms with Crippen molar-refractivity contribution >= 4 is 5.57 Å². The Morgan fingerprint density at radius 3 is 1.77 bits per heavy atom. The Hall–Kier alpha value is -4.78. The highest BCUT2D eigenvalue weighted by Crippen LogP contribution is 2.44. The molecule has 0 aliphatic heterocycles. The summed E-state index contributed by atoms with van der Waals surface area (Å²) in [6, 6.07) is 22.0. The third kappa shape index (κ3) is 5.62. The summed E-state index contributed by atoms with van der Waals surface area (Å²) in [6.45, 7) is 13.2. The van der Waals surface area contributed by atoms with Gasteiger partial charge in [-0.25, -0.2) is 0 Å². The molecule has 7 nitrogen and oxygen atoms in total. The maximum atomic E-state index is 6.41. The fraction of sp³-hybridized carbons (Fsp3) is 0.297. The van der Waals surface area contributed by atoms with E-state index >= 15 is 0 Å². The standard InChI is InChI=1S/C37H36N4O3/c1-22(2)24-8-10-25(11-9-24)33-38-40-35(43-33)28-18-29(20-32(19-28)42-21-30-17-23-6-7-27(30)16-23)36-41-39-34(44-36)26-12-14-31(15-13-26)37(3,4)5/h6-15,18-20,23,27,30H,1,16-17,21H2,2-5H3. The monoisotopic (exact) mass is 584 g/mol. The van der Waals surface area contributed by atoms with Crippen molar-refractivity contribution in [3.8, 4) is 51.6 Å². The molecule has 3 atom stereocenters. The summed E-state index contributed by atoms with van der Waals surface area (Å²) in [7, 11) is 0. The number of rotatable bonds is 8. The van der Waals surface area contributed by atoms with E-state index < -0.39 is 0 Å². The molecule has 2 bridgehead atoms. The molecule has 3 unspecified atom stereocenters. The van der Waals surface area contributed by atoms with E-state index in [2.05, 4.69) is 72.0 Å². The molecule has 3 aromatic carbocycles. The SMILES string of the molecule is C=C(C)c1ccc(-c2nnc(-c3cc(OCC4CC5C=CC4C5)cc(-c4nnc(-c5ccc(C(C)(C)C)cc5)o4)c3)o2)cc1. The highest BCUT2D eigenvalue weighted by atomic mass is 16.5. The van der Waals surface area contributed by atoms with Gasteiger partial charge < -0.3 is 13.6 Å². The highest BCUT2D eigenvalue weighted by molar-refractivity contribution is 5.69. The Kier molecular flexibility index (Phi) is 7.04. The molecule has 0 saturated heterocycles. The van der Waals surface area contributed by atoms with Crippen molar-refractivity contribution in [1.82, 2.24) is 20.4 Å². The van der Waals surface area contributed by atoms with Gasteiger partial charge in [0.05, 0.1) is 6.61 Å². The third-order valence-electron chi connectivity index (χ3n) is 8.75. The smallest absolute Gasteiger partial charge is 0.248 e. The number of nitrogens with zero attached hydrogens (tertiary/aromatic N) is 4. The van der Waals surface area contributed by atoms with Crippen LogP contribution in [-0.2, 0) is 5.41 Å². The molecular weight excluding hydrogens is 548 g/mol. The molecule has 0 radical (unpaired) electrons. The van der Waals surface area contributed by atoms with E-state index in [1.54, 1.807) is 0 Å². The summed E-state index contributed by atoms with van der Waals surface area (Å²) in [5.41, 5.74) is 6.52. The van der Waals surface area contributed by atoms with E-state index in [-0.39, 0.29) is 5.41 Å². The Bertz CT molecular complexity index is 1840. The minimum Gasteiger partial charge on any atom is -0.493 e. The van der Waals surface area contributed by atoms with Gasteiger partial charge in [0.25, 0.3) is 0 Å². The van der Waals surface area contributed by atoms with Crippen molar-refractivity contribution in [2.24, 2.45) is 17.8 Å². The first-order valence-corrected chi connectivity index (χ1v) is 15.2. The Morgan fingerprint density at radius 1 is 0.750 bits per heavy atom. The predicted molar refractivity (Wildman–Crippen MR) is 172 cm³/mol. The average molecular weight is 585 g/mol. The van der Waals surface area contributed by atoms with Crippen LogP contribution in [0, 0.1) is 17.8 Å². The van der Waals surface area contributed by atoms with Gasteiger partial charge in [-0.15, -0.1) is 20.4 Å². The first-order chi connectivity index (χ1) is 21.2. The van der Waals surface area contributed by atoms with Crippen molar-refractivity contribution in [2.45, 2.75) is 46.0 Å². The Labute approximate surface area is 257 Å². The molecule has 1 saturated carbocycles. The van der Waals surface area contributed by atoms with Gasteiger partial charge in [0.15, 0.2) is 0 Å². The molecule has 0 amide bonds. The van der Waals surface area contributed by atoms with Crippen molar-refractivity contribution in [1.29, 1.82) is 0 Å². The number of fused-ring (bicyclic) bond motifs is 2. The third-order valence-corrected chi connectivity index (χ3v) is 8.75. The highest BCUT2D eigenvalue weighted by Gasteiger charge is 2.36.